The molecule has 0 amide bonds. The topological polar surface area (TPSA) is 47.3 Å². The van der Waals surface area contributed by atoms with Crippen molar-refractivity contribution in [3.8, 4) is 0 Å². The van der Waals surface area contributed by atoms with Crippen LogP contribution in [0.5, 0.6) is 0 Å². The van der Waals surface area contributed by atoms with Gasteiger partial charge in [0.05, 0.1) is 15.8 Å². The molecule has 5 heteroatoms. The Kier molecular flexibility index (Phi) is 1.43. The molecule has 3 aromatic heterocycles. The molecule has 68 valence electrons. The Labute approximate surface area is 82.8 Å². The molecule has 3 aromatic rings. The Morgan fingerprint density at radius 3 is 3.29 bits per heavy atom. The molecule has 0 aliphatic rings. The van der Waals surface area contributed by atoms with Gasteiger partial charge < -0.3 is 0 Å². The number of hydrogen-bond donors (Lipinski definition) is 0. The zero-order valence-corrected chi connectivity index (χ0v) is 7.86. The minimum absolute atomic E-state index is 0.581. The highest BCUT2D eigenvalue weighted by Gasteiger charge is 2.07. The fourth-order valence-corrected chi connectivity index (χ4v) is 2.35. The monoisotopic (exact) mass is 203 g/mol. The van der Waals surface area contributed by atoms with Crippen molar-refractivity contribution < 1.29 is 4.79 Å². The van der Waals surface area contributed by atoms with E-state index in [-0.39, 0.29) is 0 Å². The largest absolute Gasteiger partial charge is 0.298 e. The van der Waals surface area contributed by atoms with Gasteiger partial charge in [-0.05, 0) is 17.5 Å². The number of pyridine rings is 1. The summed E-state index contributed by atoms with van der Waals surface area (Å²) in [6.45, 7) is 0. The zero-order chi connectivity index (χ0) is 9.54. The van der Waals surface area contributed by atoms with Crippen molar-refractivity contribution in [3.05, 3.63) is 29.4 Å². The first-order chi connectivity index (χ1) is 6.90. The Morgan fingerprint density at radius 2 is 2.43 bits per heavy atom. The van der Waals surface area contributed by atoms with Gasteiger partial charge in [-0.1, -0.05) is 0 Å². The minimum Gasteiger partial charge on any atom is -0.298 e. The Morgan fingerprint density at radius 1 is 1.50 bits per heavy atom. The van der Waals surface area contributed by atoms with Crippen LogP contribution >= 0.6 is 11.3 Å². The molecule has 0 saturated heterocycles. The number of thiophene rings is 1. The van der Waals surface area contributed by atoms with E-state index in [9.17, 15) is 4.79 Å². The molecule has 0 aliphatic heterocycles. The van der Waals surface area contributed by atoms with Crippen LogP contribution in [-0.2, 0) is 0 Å². The number of fused-ring (bicyclic) bond motifs is 3. The van der Waals surface area contributed by atoms with Crippen molar-refractivity contribution in [2.75, 3.05) is 0 Å². The molecule has 0 aliphatic carbocycles. The fraction of sp³-hybridized carbons (Fsp3) is 0. The van der Waals surface area contributed by atoms with E-state index in [1.54, 1.807) is 17.7 Å². The molecule has 0 N–H and O–H groups in total. The van der Waals surface area contributed by atoms with E-state index in [0.717, 1.165) is 16.5 Å². The summed E-state index contributed by atoms with van der Waals surface area (Å²) in [5.74, 6) is 0. The van der Waals surface area contributed by atoms with Crippen LogP contribution in [0.15, 0.2) is 23.8 Å². The lowest BCUT2D eigenvalue weighted by molar-refractivity contribution is 0.112. The number of carbonyl (C=O) groups excluding carboxylic acids is 1. The SMILES string of the molecule is O=Cc1cc2sccc2n2cnnc12. The first-order valence-corrected chi connectivity index (χ1v) is 4.93. The van der Waals surface area contributed by atoms with Gasteiger partial charge in [-0.2, -0.15) is 0 Å². The highest BCUT2D eigenvalue weighted by Crippen LogP contribution is 2.23. The lowest BCUT2D eigenvalue weighted by atomic mass is 10.2. The second kappa shape index (κ2) is 2.62. The summed E-state index contributed by atoms with van der Waals surface area (Å²) < 4.78 is 2.90. The van der Waals surface area contributed by atoms with E-state index in [1.807, 2.05) is 21.9 Å². The van der Waals surface area contributed by atoms with Crippen molar-refractivity contribution >= 4 is 33.5 Å². The van der Waals surface area contributed by atoms with Crippen LogP contribution in [0.25, 0.3) is 15.9 Å². The fourth-order valence-electron chi connectivity index (χ4n) is 1.52. The lowest BCUT2D eigenvalue weighted by Gasteiger charge is -1.97. The Bertz CT molecular complexity index is 625. The summed E-state index contributed by atoms with van der Waals surface area (Å²) in [5, 5.41) is 9.69. The van der Waals surface area contributed by atoms with Gasteiger partial charge in [0, 0.05) is 0 Å². The average Bonchev–Trinajstić information content (AvgIpc) is 2.83. The summed E-state index contributed by atoms with van der Waals surface area (Å²) in [4.78, 5) is 10.8. The van der Waals surface area contributed by atoms with E-state index in [0.29, 0.717) is 11.2 Å². The third-order valence-electron chi connectivity index (χ3n) is 2.15. The van der Waals surface area contributed by atoms with E-state index >= 15 is 0 Å². The quantitative estimate of drug-likeness (QED) is 0.566. The molecule has 0 spiro atoms. The summed E-state index contributed by atoms with van der Waals surface area (Å²) in [5.41, 5.74) is 2.24. The van der Waals surface area contributed by atoms with Crippen LogP contribution in [0.4, 0.5) is 0 Å². The first kappa shape index (κ1) is 7.64. The molecule has 0 bridgehead atoms. The maximum atomic E-state index is 10.8. The summed E-state index contributed by atoms with van der Waals surface area (Å²) in [7, 11) is 0. The summed E-state index contributed by atoms with van der Waals surface area (Å²) in [6.07, 6.45) is 2.43. The van der Waals surface area contributed by atoms with Gasteiger partial charge in [0.25, 0.3) is 0 Å². The zero-order valence-electron chi connectivity index (χ0n) is 7.04. The third-order valence-corrected chi connectivity index (χ3v) is 3.01. The van der Waals surface area contributed by atoms with Crippen molar-refractivity contribution in [3.63, 3.8) is 0 Å². The summed E-state index contributed by atoms with van der Waals surface area (Å²) >= 11 is 1.60. The van der Waals surface area contributed by atoms with Gasteiger partial charge in [-0.3, -0.25) is 9.20 Å². The lowest BCUT2D eigenvalue weighted by Crippen LogP contribution is -1.90. The maximum Gasteiger partial charge on any atom is 0.171 e. The number of carbonyl (C=O) groups is 1. The maximum absolute atomic E-state index is 10.8. The second-order valence-electron chi connectivity index (χ2n) is 2.91. The highest BCUT2D eigenvalue weighted by atomic mass is 32.1. The van der Waals surface area contributed by atoms with Crippen LogP contribution in [-0.4, -0.2) is 20.9 Å². The van der Waals surface area contributed by atoms with Crippen LogP contribution in [0, 0.1) is 0 Å². The number of hydrogen-bond acceptors (Lipinski definition) is 4. The van der Waals surface area contributed by atoms with Crippen molar-refractivity contribution in [1.82, 2.24) is 14.6 Å². The Balaban J connectivity index is 2.65. The van der Waals surface area contributed by atoms with Crippen LogP contribution in [0.1, 0.15) is 10.4 Å². The number of rotatable bonds is 1. The van der Waals surface area contributed by atoms with Gasteiger partial charge in [0.2, 0.25) is 0 Å². The molecule has 3 heterocycles. The molecule has 0 radical (unpaired) electrons. The van der Waals surface area contributed by atoms with Crippen LogP contribution < -0.4 is 0 Å². The molecule has 0 aromatic carbocycles. The normalized spacial score (nSPS) is 11.1. The molecular formula is C9H5N3OS. The van der Waals surface area contributed by atoms with E-state index < -0.39 is 0 Å². The van der Waals surface area contributed by atoms with Crippen molar-refractivity contribution in [1.29, 1.82) is 0 Å². The van der Waals surface area contributed by atoms with Gasteiger partial charge in [-0.15, -0.1) is 21.5 Å². The van der Waals surface area contributed by atoms with Crippen molar-refractivity contribution in [2.45, 2.75) is 0 Å². The molecular weight excluding hydrogens is 198 g/mol. The summed E-state index contributed by atoms with van der Waals surface area (Å²) in [6, 6.07) is 3.84. The van der Waals surface area contributed by atoms with E-state index in [4.69, 9.17) is 0 Å². The predicted molar refractivity (Wildman–Crippen MR) is 53.8 cm³/mol. The number of nitrogens with zero attached hydrogens (tertiary/aromatic N) is 3. The molecule has 0 fully saturated rings. The van der Waals surface area contributed by atoms with Crippen LogP contribution in [0.3, 0.4) is 0 Å². The Hall–Kier alpha value is -1.75. The van der Waals surface area contributed by atoms with Crippen LogP contribution in [0.2, 0.25) is 0 Å². The molecule has 4 nitrogen and oxygen atoms in total. The number of aromatic nitrogens is 3. The van der Waals surface area contributed by atoms with Crippen molar-refractivity contribution in [2.24, 2.45) is 0 Å². The average molecular weight is 203 g/mol. The molecule has 14 heavy (non-hydrogen) atoms. The van der Waals surface area contributed by atoms with Gasteiger partial charge in [0.15, 0.2) is 11.9 Å². The van der Waals surface area contributed by atoms with Gasteiger partial charge in [0.1, 0.15) is 6.33 Å². The third kappa shape index (κ3) is 0.843. The molecule has 0 unspecified atom stereocenters. The molecule has 0 saturated carbocycles. The van der Waals surface area contributed by atoms with E-state index in [2.05, 4.69) is 10.2 Å². The first-order valence-electron chi connectivity index (χ1n) is 4.05. The smallest absolute Gasteiger partial charge is 0.171 e. The second-order valence-corrected chi connectivity index (χ2v) is 3.86. The highest BCUT2D eigenvalue weighted by molar-refractivity contribution is 7.17. The van der Waals surface area contributed by atoms with E-state index in [1.165, 1.54) is 0 Å². The number of aldehydes is 1. The standard InChI is InChI=1S/C9H5N3OS/c13-4-6-3-8-7(1-2-14-8)12-5-10-11-9(6)12/h1-5H. The minimum atomic E-state index is 0.581. The van der Waals surface area contributed by atoms with Gasteiger partial charge in [-0.25, -0.2) is 0 Å². The molecule has 3 rings (SSSR count). The predicted octanol–water partition coefficient (Wildman–Crippen LogP) is 1.76. The molecule has 0 atom stereocenters. The van der Waals surface area contributed by atoms with Gasteiger partial charge >= 0.3 is 0 Å².